The molecular weight excluding hydrogens is 426 g/mol. The molecule has 34 heavy (non-hydrogen) atoms. The van der Waals surface area contributed by atoms with E-state index in [0.717, 1.165) is 70.6 Å². The maximum Gasteiger partial charge on any atom is 0.163 e. The summed E-state index contributed by atoms with van der Waals surface area (Å²) in [4.78, 5) is 16.8. The number of benzene rings is 1. The monoisotopic (exact) mass is 457 g/mol. The predicted octanol–water partition coefficient (Wildman–Crippen LogP) is 4.45. The van der Waals surface area contributed by atoms with Crippen molar-refractivity contribution in [1.82, 2.24) is 29.7 Å². The summed E-state index contributed by atoms with van der Waals surface area (Å²) < 4.78 is 8.02. The molecule has 1 aliphatic rings. The minimum absolute atomic E-state index is 0.309. The number of fused-ring (bicyclic) bond motifs is 1. The molecule has 1 fully saturated rings. The van der Waals surface area contributed by atoms with E-state index in [2.05, 4.69) is 59.1 Å². The van der Waals surface area contributed by atoms with Crippen LogP contribution in [0, 0.1) is 12.3 Å². The van der Waals surface area contributed by atoms with Crippen LogP contribution in [0.1, 0.15) is 44.8 Å². The van der Waals surface area contributed by atoms with Crippen LogP contribution in [-0.2, 0) is 13.0 Å². The molecule has 0 radical (unpaired) electrons. The fraction of sp³-hybridized carbons (Fsp3) is 0.423. The van der Waals surface area contributed by atoms with Crippen molar-refractivity contribution in [2.45, 2.75) is 47.6 Å². The van der Waals surface area contributed by atoms with Gasteiger partial charge in [0.05, 0.1) is 6.61 Å². The fourth-order valence-corrected chi connectivity index (χ4v) is 4.64. The van der Waals surface area contributed by atoms with Crippen molar-refractivity contribution in [1.29, 1.82) is 0 Å². The smallest absolute Gasteiger partial charge is 0.163 e. The molecule has 1 aliphatic heterocycles. The second-order valence-electron chi connectivity index (χ2n) is 9.70. The van der Waals surface area contributed by atoms with E-state index >= 15 is 0 Å². The van der Waals surface area contributed by atoms with E-state index in [0.29, 0.717) is 18.4 Å². The highest BCUT2D eigenvalue weighted by Gasteiger charge is 2.36. The number of aromatic nitrogens is 6. The first-order valence-corrected chi connectivity index (χ1v) is 11.9. The van der Waals surface area contributed by atoms with Crippen molar-refractivity contribution < 1.29 is 4.74 Å². The average molecular weight is 458 g/mol. The Bertz CT molecular complexity index is 1340. The molecule has 4 heterocycles. The van der Waals surface area contributed by atoms with Gasteiger partial charge in [0.25, 0.3) is 0 Å². The van der Waals surface area contributed by atoms with Crippen LogP contribution in [0.5, 0.6) is 5.75 Å². The highest BCUT2D eigenvalue weighted by molar-refractivity contribution is 5.89. The van der Waals surface area contributed by atoms with Gasteiger partial charge in [0.1, 0.15) is 23.4 Å². The van der Waals surface area contributed by atoms with Gasteiger partial charge in [0.15, 0.2) is 11.6 Å². The van der Waals surface area contributed by atoms with Gasteiger partial charge in [0, 0.05) is 54.5 Å². The van der Waals surface area contributed by atoms with Crippen molar-refractivity contribution in [3.8, 4) is 17.1 Å². The summed E-state index contributed by atoms with van der Waals surface area (Å²) in [5.41, 5.74) is 4.23. The van der Waals surface area contributed by atoms with E-state index in [9.17, 15) is 0 Å². The molecule has 8 nitrogen and oxygen atoms in total. The molecule has 5 rings (SSSR count). The molecule has 1 saturated heterocycles. The largest absolute Gasteiger partial charge is 0.494 e. The van der Waals surface area contributed by atoms with E-state index in [4.69, 9.17) is 14.7 Å². The molecule has 8 heteroatoms. The normalized spacial score (nSPS) is 14.9. The molecule has 3 aromatic heterocycles. The number of nitrogens with zero attached hydrogens (tertiary/aromatic N) is 7. The Kier molecular flexibility index (Phi) is 5.67. The number of anilines is 1. The summed E-state index contributed by atoms with van der Waals surface area (Å²) in [6.07, 6.45) is 4.24. The molecule has 4 aromatic rings. The van der Waals surface area contributed by atoms with Crippen LogP contribution in [0.4, 0.5) is 5.82 Å². The SMILES string of the molecule is CCOc1cc(-c2nncn2CC)ccc1Cc1ncc2cc(C)nc(N3CC(C)(C)C3)c2n1. The van der Waals surface area contributed by atoms with Gasteiger partial charge >= 0.3 is 0 Å². The second kappa shape index (κ2) is 8.66. The Morgan fingerprint density at radius 1 is 1.09 bits per heavy atom. The Morgan fingerprint density at radius 2 is 1.91 bits per heavy atom. The van der Waals surface area contributed by atoms with Gasteiger partial charge in [-0.3, -0.25) is 0 Å². The van der Waals surface area contributed by atoms with E-state index < -0.39 is 0 Å². The van der Waals surface area contributed by atoms with Crippen LogP contribution < -0.4 is 9.64 Å². The summed E-state index contributed by atoms with van der Waals surface area (Å²) in [6, 6.07) is 8.23. The van der Waals surface area contributed by atoms with Crippen LogP contribution in [0.15, 0.2) is 36.8 Å². The van der Waals surface area contributed by atoms with E-state index in [1.165, 1.54) is 0 Å². The third-order valence-corrected chi connectivity index (χ3v) is 6.19. The number of aryl methyl sites for hydroxylation is 2. The third-order valence-electron chi connectivity index (χ3n) is 6.19. The van der Waals surface area contributed by atoms with Crippen molar-refractivity contribution in [2.24, 2.45) is 5.41 Å². The van der Waals surface area contributed by atoms with Crippen molar-refractivity contribution >= 4 is 16.7 Å². The number of pyridine rings is 1. The Morgan fingerprint density at radius 3 is 2.65 bits per heavy atom. The number of rotatable bonds is 7. The molecule has 1 aromatic carbocycles. The molecule has 176 valence electrons. The lowest BCUT2D eigenvalue weighted by Gasteiger charge is -2.46. The lowest BCUT2D eigenvalue weighted by molar-refractivity contribution is 0.275. The Balaban J connectivity index is 1.49. The molecular formula is C26H31N7O. The fourth-order valence-electron chi connectivity index (χ4n) is 4.64. The number of hydrogen-bond donors (Lipinski definition) is 0. The average Bonchev–Trinajstić information content (AvgIpc) is 3.27. The standard InChI is InChI=1S/C26H31N7O/c1-6-32-16-28-31-24(32)19-9-8-18(21(11-19)34-7-2)12-22-27-13-20-10-17(3)29-25(23(20)30-22)33-14-26(4,5)15-33/h8-11,13,16H,6-7,12,14-15H2,1-5H3. The highest BCUT2D eigenvalue weighted by atomic mass is 16.5. The zero-order valence-corrected chi connectivity index (χ0v) is 20.5. The van der Waals surface area contributed by atoms with Crippen molar-refractivity contribution in [2.75, 3.05) is 24.6 Å². The second-order valence-corrected chi connectivity index (χ2v) is 9.70. The molecule has 0 saturated carbocycles. The summed E-state index contributed by atoms with van der Waals surface area (Å²) in [5, 5.41) is 9.36. The summed E-state index contributed by atoms with van der Waals surface area (Å²) >= 11 is 0. The molecule has 0 unspecified atom stereocenters. The summed E-state index contributed by atoms with van der Waals surface area (Å²) in [7, 11) is 0. The molecule has 0 atom stereocenters. The lowest BCUT2D eigenvalue weighted by Crippen LogP contribution is -2.53. The maximum absolute atomic E-state index is 6.00. The van der Waals surface area contributed by atoms with E-state index in [1.54, 1.807) is 6.33 Å². The van der Waals surface area contributed by atoms with Gasteiger partial charge in [-0.05, 0) is 38.3 Å². The summed E-state index contributed by atoms with van der Waals surface area (Å²) in [6.45, 7) is 14.0. The molecule has 0 aliphatic carbocycles. The van der Waals surface area contributed by atoms with Crippen LogP contribution in [0.25, 0.3) is 22.3 Å². The molecule has 0 bridgehead atoms. The predicted molar refractivity (Wildman–Crippen MR) is 133 cm³/mol. The quantitative estimate of drug-likeness (QED) is 0.406. The maximum atomic E-state index is 6.00. The first-order chi connectivity index (χ1) is 16.4. The van der Waals surface area contributed by atoms with Gasteiger partial charge < -0.3 is 14.2 Å². The van der Waals surface area contributed by atoms with Crippen molar-refractivity contribution in [3.05, 3.63) is 53.9 Å². The molecule has 0 spiro atoms. The first kappa shape index (κ1) is 22.3. The van der Waals surface area contributed by atoms with Crippen LogP contribution >= 0.6 is 0 Å². The Labute approximate surface area is 200 Å². The number of ether oxygens (including phenoxy) is 1. The van der Waals surface area contributed by atoms with E-state index in [-0.39, 0.29) is 0 Å². The molecule has 0 amide bonds. The van der Waals surface area contributed by atoms with Crippen molar-refractivity contribution in [3.63, 3.8) is 0 Å². The van der Waals surface area contributed by atoms with E-state index in [1.807, 2.05) is 30.7 Å². The lowest BCUT2D eigenvalue weighted by atomic mass is 9.84. The summed E-state index contributed by atoms with van der Waals surface area (Å²) in [5.74, 6) is 3.36. The first-order valence-electron chi connectivity index (χ1n) is 11.9. The third kappa shape index (κ3) is 4.20. The highest BCUT2D eigenvalue weighted by Crippen LogP contribution is 2.36. The van der Waals surface area contributed by atoms with Gasteiger partial charge in [0.2, 0.25) is 0 Å². The van der Waals surface area contributed by atoms with Crippen LogP contribution in [0.3, 0.4) is 0 Å². The molecule has 0 N–H and O–H groups in total. The minimum Gasteiger partial charge on any atom is -0.494 e. The van der Waals surface area contributed by atoms with Gasteiger partial charge in [-0.1, -0.05) is 26.0 Å². The van der Waals surface area contributed by atoms with Crippen LogP contribution in [0.2, 0.25) is 0 Å². The topological polar surface area (TPSA) is 81.8 Å². The van der Waals surface area contributed by atoms with Gasteiger partial charge in [-0.2, -0.15) is 0 Å². The van der Waals surface area contributed by atoms with Gasteiger partial charge in [-0.25, -0.2) is 15.0 Å². The zero-order valence-electron chi connectivity index (χ0n) is 20.5. The van der Waals surface area contributed by atoms with Crippen LogP contribution in [-0.4, -0.2) is 49.4 Å². The minimum atomic E-state index is 0.309. The zero-order chi connectivity index (χ0) is 23.9. The number of hydrogen-bond acceptors (Lipinski definition) is 7. The Hall–Kier alpha value is -3.55. The van der Waals surface area contributed by atoms with Gasteiger partial charge in [-0.15, -0.1) is 10.2 Å².